The van der Waals surface area contributed by atoms with Crippen LogP contribution in [0.25, 0.3) is 0 Å². The summed E-state index contributed by atoms with van der Waals surface area (Å²) in [5.41, 5.74) is 7.42. The number of nitrogens with one attached hydrogen (secondary N) is 1. The number of carbonyl (C=O) groups is 2. The van der Waals surface area contributed by atoms with E-state index in [4.69, 9.17) is 5.73 Å². The molecule has 1 aliphatic heterocycles. The first kappa shape index (κ1) is 18.3. The van der Waals surface area contributed by atoms with Crippen LogP contribution in [0.1, 0.15) is 31.7 Å². The Bertz CT molecular complexity index is 565. The lowest BCUT2D eigenvalue weighted by atomic mass is 9.91. The highest BCUT2D eigenvalue weighted by molar-refractivity contribution is 5.88. The number of carbonyl (C=O) groups excluding carboxylic acids is 2. The van der Waals surface area contributed by atoms with E-state index >= 15 is 0 Å². The van der Waals surface area contributed by atoms with Crippen LogP contribution in [0.3, 0.4) is 0 Å². The molecule has 132 valence electrons. The molecule has 2 unspecified atom stereocenters. The molecule has 1 aromatic carbocycles. The third-order valence-electron chi connectivity index (χ3n) is 4.68. The molecule has 2 atom stereocenters. The summed E-state index contributed by atoms with van der Waals surface area (Å²) >= 11 is 0. The normalized spacial score (nSPS) is 18.0. The van der Waals surface area contributed by atoms with Crippen LogP contribution in [-0.2, 0) is 9.59 Å². The van der Waals surface area contributed by atoms with Crippen molar-refractivity contribution in [3.8, 4) is 0 Å². The van der Waals surface area contributed by atoms with Crippen LogP contribution < -0.4 is 11.1 Å². The summed E-state index contributed by atoms with van der Waals surface area (Å²) in [7, 11) is 2.05. The number of hydrogen-bond acceptors (Lipinski definition) is 4. The van der Waals surface area contributed by atoms with E-state index in [1.165, 1.54) is 0 Å². The maximum Gasteiger partial charge on any atom is 0.245 e. The van der Waals surface area contributed by atoms with Crippen LogP contribution in [0, 0.1) is 0 Å². The van der Waals surface area contributed by atoms with Gasteiger partial charge in [0.2, 0.25) is 11.8 Å². The van der Waals surface area contributed by atoms with E-state index in [2.05, 4.69) is 17.3 Å². The van der Waals surface area contributed by atoms with E-state index in [9.17, 15) is 9.59 Å². The number of anilines is 1. The van der Waals surface area contributed by atoms with Crippen LogP contribution in [0.5, 0.6) is 0 Å². The molecule has 1 heterocycles. The van der Waals surface area contributed by atoms with E-state index in [-0.39, 0.29) is 17.7 Å². The Morgan fingerprint density at radius 1 is 1.17 bits per heavy atom. The molecule has 0 spiro atoms. The van der Waals surface area contributed by atoms with Crippen LogP contribution in [0.15, 0.2) is 24.3 Å². The van der Waals surface area contributed by atoms with Crippen molar-refractivity contribution in [3.63, 3.8) is 0 Å². The predicted molar refractivity (Wildman–Crippen MR) is 95.6 cm³/mol. The minimum absolute atomic E-state index is 0.00535. The predicted octanol–water partition coefficient (Wildman–Crippen LogP) is 1.04. The summed E-state index contributed by atoms with van der Waals surface area (Å²) < 4.78 is 0. The highest BCUT2D eigenvalue weighted by Crippen LogP contribution is 2.22. The van der Waals surface area contributed by atoms with Gasteiger partial charge in [0.15, 0.2) is 0 Å². The van der Waals surface area contributed by atoms with Gasteiger partial charge >= 0.3 is 0 Å². The molecule has 0 bridgehead atoms. The second kappa shape index (κ2) is 8.15. The van der Waals surface area contributed by atoms with Gasteiger partial charge < -0.3 is 20.9 Å². The highest BCUT2D eigenvalue weighted by Gasteiger charge is 2.32. The summed E-state index contributed by atoms with van der Waals surface area (Å²) in [5.74, 6) is -0.229. The van der Waals surface area contributed by atoms with E-state index in [1.807, 2.05) is 36.1 Å². The Kier molecular flexibility index (Phi) is 6.20. The summed E-state index contributed by atoms with van der Waals surface area (Å²) in [5, 5.41) is 2.91. The molecule has 6 nitrogen and oxygen atoms in total. The first-order valence-electron chi connectivity index (χ1n) is 8.54. The van der Waals surface area contributed by atoms with Crippen LogP contribution in [0.4, 0.5) is 5.69 Å². The molecule has 1 aromatic rings. The molecule has 0 aromatic heterocycles. The van der Waals surface area contributed by atoms with Gasteiger partial charge in [0, 0.05) is 44.2 Å². The van der Waals surface area contributed by atoms with Crippen LogP contribution >= 0.6 is 0 Å². The Hall–Kier alpha value is -2.08. The van der Waals surface area contributed by atoms with Gasteiger partial charge in [0.25, 0.3) is 0 Å². The number of rotatable bonds is 5. The molecule has 3 N–H and O–H groups in total. The molecule has 24 heavy (non-hydrogen) atoms. The van der Waals surface area contributed by atoms with Gasteiger partial charge in [-0.3, -0.25) is 9.59 Å². The molecule has 0 radical (unpaired) electrons. The van der Waals surface area contributed by atoms with Crippen molar-refractivity contribution in [2.75, 3.05) is 39.0 Å². The number of nitrogens with two attached hydrogens (primary N) is 1. The third-order valence-corrected chi connectivity index (χ3v) is 4.68. The van der Waals surface area contributed by atoms with E-state index in [0.29, 0.717) is 25.2 Å². The molecular weight excluding hydrogens is 304 g/mol. The number of amides is 2. The van der Waals surface area contributed by atoms with Crippen LogP contribution in [0.2, 0.25) is 0 Å². The molecule has 2 rings (SSSR count). The number of nitrogens with zero attached hydrogens (tertiary/aromatic N) is 2. The lowest BCUT2D eigenvalue weighted by molar-refractivity contribution is -0.138. The largest absolute Gasteiger partial charge is 0.399 e. The van der Waals surface area contributed by atoms with Crippen molar-refractivity contribution >= 4 is 17.5 Å². The Morgan fingerprint density at radius 2 is 1.75 bits per heavy atom. The molecule has 1 aliphatic rings. The quantitative estimate of drug-likeness (QED) is 0.790. The first-order chi connectivity index (χ1) is 11.4. The molecule has 6 heteroatoms. The monoisotopic (exact) mass is 332 g/mol. The summed E-state index contributed by atoms with van der Waals surface area (Å²) in [6, 6.07) is 6.94. The summed E-state index contributed by atoms with van der Waals surface area (Å²) in [6.45, 7) is 6.87. The minimum atomic E-state index is -0.551. The fourth-order valence-electron chi connectivity index (χ4n) is 2.89. The van der Waals surface area contributed by atoms with Gasteiger partial charge in [-0.05, 0) is 24.7 Å². The van der Waals surface area contributed by atoms with Crippen molar-refractivity contribution < 1.29 is 9.59 Å². The van der Waals surface area contributed by atoms with Crippen molar-refractivity contribution in [3.05, 3.63) is 29.8 Å². The molecule has 0 saturated carbocycles. The lowest BCUT2D eigenvalue weighted by Crippen LogP contribution is -2.55. The SMILES string of the molecule is CCC(=O)NC(C(=O)N1CCN(C)CC1)C(C)c1ccc(N)cc1. The van der Waals surface area contributed by atoms with Gasteiger partial charge in [-0.1, -0.05) is 26.0 Å². The standard InChI is InChI=1S/C18H28N4O2/c1-4-16(23)20-17(13(2)14-5-7-15(19)8-6-14)18(24)22-11-9-21(3)10-12-22/h5-8,13,17H,4,9-12,19H2,1-3H3,(H,20,23). The van der Waals surface area contributed by atoms with Gasteiger partial charge in [-0.25, -0.2) is 0 Å². The van der Waals surface area contributed by atoms with E-state index in [1.54, 1.807) is 6.92 Å². The average Bonchev–Trinajstić information content (AvgIpc) is 2.59. The van der Waals surface area contributed by atoms with Crippen molar-refractivity contribution in [2.45, 2.75) is 32.2 Å². The van der Waals surface area contributed by atoms with Gasteiger partial charge in [-0.2, -0.15) is 0 Å². The van der Waals surface area contributed by atoms with Crippen molar-refractivity contribution in [2.24, 2.45) is 0 Å². The van der Waals surface area contributed by atoms with Crippen LogP contribution in [-0.4, -0.2) is 60.9 Å². The topological polar surface area (TPSA) is 78.7 Å². The molecule has 2 amide bonds. The smallest absolute Gasteiger partial charge is 0.245 e. The number of benzene rings is 1. The zero-order valence-electron chi connectivity index (χ0n) is 14.8. The van der Waals surface area contributed by atoms with Crippen molar-refractivity contribution in [1.29, 1.82) is 0 Å². The van der Waals surface area contributed by atoms with E-state index in [0.717, 1.165) is 18.7 Å². The maximum absolute atomic E-state index is 13.0. The Morgan fingerprint density at radius 3 is 2.29 bits per heavy atom. The average molecular weight is 332 g/mol. The molecule has 1 fully saturated rings. The maximum atomic E-state index is 13.0. The molecular formula is C18H28N4O2. The number of nitrogen functional groups attached to an aromatic ring is 1. The van der Waals surface area contributed by atoms with Gasteiger partial charge in [-0.15, -0.1) is 0 Å². The zero-order valence-corrected chi connectivity index (χ0v) is 14.8. The van der Waals surface area contributed by atoms with E-state index < -0.39 is 6.04 Å². The summed E-state index contributed by atoms with van der Waals surface area (Å²) in [4.78, 5) is 29.0. The number of hydrogen-bond donors (Lipinski definition) is 2. The van der Waals surface area contributed by atoms with Crippen molar-refractivity contribution in [1.82, 2.24) is 15.1 Å². The Balaban J connectivity index is 2.18. The number of likely N-dealkylation sites (N-methyl/N-ethyl adjacent to an activating group) is 1. The molecule has 1 saturated heterocycles. The first-order valence-corrected chi connectivity index (χ1v) is 8.54. The minimum Gasteiger partial charge on any atom is -0.399 e. The lowest BCUT2D eigenvalue weighted by Gasteiger charge is -2.36. The zero-order chi connectivity index (χ0) is 17.7. The molecule has 0 aliphatic carbocycles. The fourth-order valence-corrected chi connectivity index (χ4v) is 2.89. The summed E-state index contributed by atoms with van der Waals surface area (Å²) in [6.07, 6.45) is 0.362. The van der Waals surface area contributed by atoms with Gasteiger partial charge in [0.1, 0.15) is 6.04 Å². The fraction of sp³-hybridized carbons (Fsp3) is 0.556. The highest BCUT2D eigenvalue weighted by atomic mass is 16.2. The second-order valence-electron chi connectivity index (χ2n) is 6.48. The van der Waals surface area contributed by atoms with Gasteiger partial charge in [0.05, 0.1) is 0 Å². The third kappa shape index (κ3) is 4.47. The Labute approximate surface area is 144 Å². The number of piperazine rings is 1. The second-order valence-corrected chi connectivity index (χ2v) is 6.48.